The molecule has 2 aromatic rings. The molecule has 0 bridgehead atoms. The van der Waals surface area contributed by atoms with Crippen LogP contribution in [0.4, 0.5) is 0 Å². The number of nitrogens with zero attached hydrogens (tertiary/aromatic N) is 1. The predicted octanol–water partition coefficient (Wildman–Crippen LogP) is 3.84. The second kappa shape index (κ2) is 7.42. The average molecular weight is 309 g/mol. The van der Waals surface area contributed by atoms with Crippen LogP contribution in [0.25, 0.3) is 0 Å². The van der Waals surface area contributed by atoms with E-state index in [1.165, 1.54) is 18.4 Å². The van der Waals surface area contributed by atoms with E-state index in [9.17, 15) is 9.90 Å². The third-order valence-electron chi connectivity index (χ3n) is 4.64. The van der Waals surface area contributed by atoms with Crippen LogP contribution in [0, 0.1) is 0 Å². The number of carbonyl (C=O) groups is 1. The molecule has 1 atom stereocenters. The molecular formula is C20H23NO2. The van der Waals surface area contributed by atoms with Gasteiger partial charge in [0.15, 0.2) is 5.78 Å². The molecule has 0 aliphatic carbocycles. The van der Waals surface area contributed by atoms with Crippen molar-refractivity contribution < 1.29 is 9.90 Å². The summed E-state index contributed by atoms with van der Waals surface area (Å²) in [6.07, 6.45) is 2.84. The fourth-order valence-corrected chi connectivity index (χ4v) is 3.36. The number of hydrogen-bond acceptors (Lipinski definition) is 3. The van der Waals surface area contributed by atoms with Crippen LogP contribution in [0.3, 0.4) is 0 Å². The van der Waals surface area contributed by atoms with Crippen molar-refractivity contribution in [1.29, 1.82) is 0 Å². The molecule has 1 aliphatic heterocycles. The van der Waals surface area contributed by atoms with Gasteiger partial charge in [-0.2, -0.15) is 0 Å². The Morgan fingerprint density at radius 1 is 1.09 bits per heavy atom. The number of ketones is 1. The number of likely N-dealkylation sites (tertiary alicyclic amines) is 1. The van der Waals surface area contributed by atoms with E-state index >= 15 is 0 Å². The summed E-state index contributed by atoms with van der Waals surface area (Å²) in [7, 11) is 0. The highest BCUT2D eigenvalue weighted by atomic mass is 16.3. The zero-order valence-corrected chi connectivity index (χ0v) is 13.3. The number of carbonyl (C=O) groups excluding carboxylic acids is 1. The van der Waals surface area contributed by atoms with Crippen molar-refractivity contribution in [2.24, 2.45) is 0 Å². The number of piperidine rings is 1. The van der Waals surface area contributed by atoms with Gasteiger partial charge in [0.2, 0.25) is 0 Å². The topological polar surface area (TPSA) is 40.5 Å². The maximum absolute atomic E-state index is 12.3. The highest BCUT2D eigenvalue weighted by Crippen LogP contribution is 2.27. The summed E-state index contributed by atoms with van der Waals surface area (Å²) in [4.78, 5) is 14.6. The third kappa shape index (κ3) is 3.99. The first-order chi connectivity index (χ1) is 11.2. The first-order valence-corrected chi connectivity index (χ1v) is 8.32. The van der Waals surface area contributed by atoms with Gasteiger partial charge < -0.3 is 10.0 Å². The van der Waals surface area contributed by atoms with Crippen molar-refractivity contribution in [2.45, 2.75) is 25.2 Å². The van der Waals surface area contributed by atoms with Gasteiger partial charge >= 0.3 is 0 Å². The van der Waals surface area contributed by atoms with E-state index in [1.807, 2.05) is 0 Å². The van der Waals surface area contributed by atoms with Crippen molar-refractivity contribution in [3.05, 3.63) is 65.7 Å². The molecule has 0 amide bonds. The number of phenols is 1. The first-order valence-electron chi connectivity index (χ1n) is 8.32. The molecule has 0 spiro atoms. The maximum Gasteiger partial charge on any atom is 0.167 e. The molecule has 3 heteroatoms. The molecule has 120 valence electrons. The second-order valence-corrected chi connectivity index (χ2v) is 6.24. The number of phenolic OH excluding ortho intramolecular Hbond substituents is 1. The Kier molecular flexibility index (Phi) is 5.09. The van der Waals surface area contributed by atoms with Gasteiger partial charge in [-0.25, -0.2) is 0 Å². The molecule has 1 saturated heterocycles. The van der Waals surface area contributed by atoms with Gasteiger partial charge in [-0.1, -0.05) is 42.5 Å². The molecule has 0 unspecified atom stereocenters. The van der Waals surface area contributed by atoms with E-state index in [-0.39, 0.29) is 11.5 Å². The molecule has 0 aromatic heterocycles. The van der Waals surface area contributed by atoms with Crippen molar-refractivity contribution in [3.8, 4) is 5.75 Å². The minimum atomic E-state index is 0.0185. The lowest BCUT2D eigenvalue weighted by Crippen LogP contribution is -2.35. The van der Waals surface area contributed by atoms with Crippen LogP contribution < -0.4 is 0 Å². The normalized spacial score (nSPS) is 18.7. The summed E-state index contributed by atoms with van der Waals surface area (Å²) in [5.41, 5.74) is 1.83. The predicted molar refractivity (Wildman–Crippen MR) is 91.9 cm³/mol. The number of aromatic hydroxyl groups is 1. The molecule has 0 radical (unpaired) electrons. The Balaban J connectivity index is 1.56. The van der Waals surface area contributed by atoms with E-state index in [2.05, 4.69) is 35.2 Å². The second-order valence-electron chi connectivity index (χ2n) is 6.24. The summed E-state index contributed by atoms with van der Waals surface area (Å²) >= 11 is 0. The standard InChI is InChI=1S/C20H23NO2/c22-19-11-5-4-10-18(19)20(23)12-14-21-13-6-9-17(15-21)16-7-2-1-3-8-16/h1-5,7-8,10-11,17,22H,6,9,12-15H2/t17-/m0/s1. The Morgan fingerprint density at radius 2 is 1.83 bits per heavy atom. The van der Waals surface area contributed by atoms with Crippen LogP contribution in [-0.2, 0) is 0 Å². The van der Waals surface area contributed by atoms with E-state index in [0.717, 1.165) is 19.6 Å². The molecule has 1 aliphatic rings. The quantitative estimate of drug-likeness (QED) is 0.853. The summed E-state index contributed by atoms with van der Waals surface area (Å²) in [6.45, 7) is 2.83. The lowest BCUT2D eigenvalue weighted by atomic mass is 9.90. The monoisotopic (exact) mass is 309 g/mol. The molecule has 1 fully saturated rings. The molecule has 0 saturated carbocycles. The Labute approximate surface area is 137 Å². The maximum atomic E-state index is 12.3. The number of rotatable bonds is 5. The van der Waals surface area contributed by atoms with Gasteiger partial charge in [0.25, 0.3) is 0 Å². The van der Waals surface area contributed by atoms with Gasteiger partial charge in [0.1, 0.15) is 5.75 Å². The van der Waals surface area contributed by atoms with E-state index in [4.69, 9.17) is 0 Å². The summed E-state index contributed by atoms with van der Waals surface area (Å²) in [5.74, 6) is 0.661. The van der Waals surface area contributed by atoms with Crippen molar-refractivity contribution in [3.63, 3.8) is 0 Å². The highest BCUT2D eigenvalue weighted by Gasteiger charge is 2.22. The molecule has 3 rings (SSSR count). The molecule has 1 N–H and O–H groups in total. The van der Waals surface area contributed by atoms with Gasteiger partial charge in [-0.3, -0.25) is 4.79 Å². The van der Waals surface area contributed by atoms with Crippen molar-refractivity contribution in [2.75, 3.05) is 19.6 Å². The minimum Gasteiger partial charge on any atom is -0.507 e. The Morgan fingerprint density at radius 3 is 2.61 bits per heavy atom. The largest absolute Gasteiger partial charge is 0.507 e. The number of hydrogen-bond donors (Lipinski definition) is 1. The van der Waals surface area contributed by atoms with Crippen LogP contribution >= 0.6 is 0 Å². The molecule has 23 heavy (non-hydrogen) atoms. The van der Waals surface area contributed by atoms with Crippen molar-refractivity contribution >= 4 is 5.78 Å². The molecule has 2 aromatic carbocycles. The smallest absolute Gasteiger partial charge is 0.167 e. The summed E-state index contributed by atoms with van der Waals surface area (Å²) in [5, 5.41) is 9.77. The van der Waals surface area contributed by atoms with Crippen LogP contribution in [0.5, 0.6) is 5.75 Å². The van der Waals surface area contributed by atoms with Crippen LogP contribution in [-0.4, -0.2) is 35.4 Å². The first kappa shape index (κ1) is 15.8. The Bertz CT molecular complexity index is 654. The number of Topliss-reactive ketones (excluding diaryl/α,β-unsaturated/α-hetero) is 1. The fourth-order valence-electron chi connectivity index (χ4n) is 3.36. The highest BCUT2D eigenvalue weighted by molar-refractivity contribution is 5.98. The summed E-state index contributed by atoms with van der Waals surface area (Å²) in [6, 6.07) is 17.4. The lowest BCUT2D eigenvalue weighted by molar-refractivity contribution is 0.0952. The van der Waals surface area contributed by atoms with Gasteiger partial charge in [0, 0.05) is 19.5 Å². The Hall–Kier alpha value is -2.13. The average Bonchev–Trinajstić information content (AvgIpc) is 2.61. The van der Waals surface area contributed by atoms with Gasteiger partial charge in [-0.05, 0) is 43.0 Å². The zero-order valence-electron chi connectivity index (χ0n) is 13.3. The van der Waals surface area contributed by atoms with E-state index < -0.39 is 0 Å². The van der Waals surface area contributed by atoms with Crippen LogP contribution in [0.15, 0.2) is 54.6 Å². The van der Waals surface area contributed by atoms with Crippen molar-refractivity contribution in [1.82, 2.24) is 4.90 Å². The third-order valence-corrected chi connectivity index (χ3v) is 4.64. The number of para-hydroxylation sites is 1. The van der Waals surface area contributed by atoms with Crippen LogP contribution in [0.1, 0.15) is 41.1 Å². The summed E-state index contributed by atoms with van der Waals surface area (Å²) < 4.78 is 0. The van der Waals surface area contributed by atoms with Gasteiger partial charge in [-0.15, -0.1) is 0 Å². The van der Waals surface area contributed by atoms with E-state index in [0.29, 0.717) is 17.9 Å². The lowest BCUT2D eigenvalue weighted by Gasteiger charge is -2.32. The van der Waals surface area contributed by atoms with Gasteiger partial charge in [0.05, 0.1) is 5.56 Å². The SMILES string of the molecule is O=C(CCN1CCC[C@H](c2ccccc2)C1)c1ccccc1O. The molecule has 1 heterocycles. The zero-order chi connectivity index (χ0) is 16.1. The molecule has 3 nitrogen and oxygen atoms in total. The fraction of sp³-hybridized carbons (Fsp3) is 0.350. The van der Waals surface area contributed by atoms with Crippen LogP contribution in [0.2, 0.25) is 0 Å². The van der Waals surface area contributed by atoms with E-state index in [1.54, 1.807) is 24.3 Å². The number of benzene rings is 2. The minimum absolute atomic E-state index is 0.0185. The molecular weight excluding hydrogens is 286 g/mol.